The third kappa shape index (κ3) is 21.2. The van der Waals surface area contributed by atoms with E-state index in [2.05, 4.69) is 19.1 Å². The van der Waals surface area contributed by atoms with Crippen molar-refractivity contribution < 1.29 is 32.4 Å². The minimum absolute atomic E-state index is 0. The molecule has 0 fully saturated rings. The van der Waals surface area contributed by atoms with E-state index in [0.717, 1.165) is 32.1 Å². The fourth-order valence-electron chi connectivity index (χ4n) is 3.07. The molecule has 0 rings (SSSR count). The molecule has 1 unspecified atom stereocenters. The number of carbonyl (C=O) groups is 2. The number of allylic oxidation sites excluding steroid dienone is 2. The van der Waals surface area contributed by atoms with Crippen molar-refractivity contribution in [1.82, 2.24) is 0 Å². The number of ether oxygens (including phenoxy) is 1. The van der Waals surface area contributed by atoms with Crippen LogP contribution in [0.15, 0.2) is 12.2 Å². The molecule has 0 aliphatic rings. The summed E-state index contributed by atoms with van der Waals surface area (Å²) in [4.78, 5) is 22.3. The normalized spacial score (nSPS) is 12.5. The Morgan fingerprint density at radius 2 is 1.29 bits per heavy atom. The van der Waals surface area contributed by atoms with Crippen molar-refractivity contribution in [3.63, 3.8) is 0 Å². The van der Waals surface area contributed by atoms with Crippen LogP contribution in [0.4, 0.5) is 0 Å². The van der Waals surface area contributed by atoms with E-state index in [9.17, 15) is 18.0 Å². The summed E-state index contributed by atoms with van der Waals surface area (Å²) in [7, 11) is -4.83. The Hall–Kier alpha value is -0.410. The predicted octanol–water partition coefficient (Wildman–Crippen LogP) is 4.65. The SMILES string of the molecule is CCCCCCCC/C=C\CCCCCCCCOC(=O)CC(C(=O)O)S(=O)(=O)O.[NaH]. The number of aliphatic carboxylic acids is 1. The summed E-state index contributed by atoms with van der Waals surface area (Å²) < 4.78 is 35.5. The number of carbonyl (C=O) groups excluding carboxylic acids is 1. The van der Waals surface area contributed by atoms with E-state index < -0.39 is 33.7 Å². The number of unbranched alkanes of at least 4 members (excludes halogenated alkanes) is 12. The van der Waals surface area contributed by atoms with Gasteiger partial charge in [0.15, 0.2) is 5.25 Å². The monoisotopic (exact) mass is 472 g/mol. The van der Waals surface area contributed by atoms with E-state index in [1.165, 1.54) is 51.4 Å². The number of hydrogen-bond acceptors (Lipinski definition) is 5. The molecule has 0 heterocycles. The van der Waals surface area contributed by atoms with Gasteiger partial charge in [-0.2, -0.15) is 8.42 Å². The van der Waals surface area contributed by atoms with Gasteiger partial charge < -0.3 is 9.84 Å². The van der Waals surface area contributed by atoms with Gasteiger partial charge in [-0.3, -0.25) is 14.1 Å². The quantitative estimate of drug-likeness (QED) is 0.0870. The van der Waals surface area contributed by atoms with E-state index in [1.54, 1.807) is 0 Å². The molecular weight excluding hydrogens is 431 g/mol. The first kappa shape index (κ1) is 32.8. The van der Waals surface area contributed by atoms with Crippen molar-refractivity contribution in [2.75, 3.05) is 6.61 Å². The van der Waals surface area contributed by atoms with Crippen LogP contribution >= 0.6 is 0 Å². The van der Waals surface area contributed by atoms with Gasteiger partial charge in [0.1, 0.15) is 0 Å². The zero-order chi connectivity index (χ0) is 22.7. The molecule has 0 aromatic heterocycles. The van der Waals surface area contributed by atoms with E-state index in [-0.39, 0.29) is 36.2 Å². The van der Waals surface area contributed by atoms with Gasteiger partial charge >= 0.3 is 41.5 Å². The Morgan fingerprint density at radius 1 is 0.839 bits per heavy atom. The van der Waals surface area contributed by atoms with Gasteiger partial charge in [0, 0.05) is 0 Å². The van der Waals surface area contributed by atoms with E-state index in [0.29, 0.717) is 6.42 Å². The van der Waals surface area contributed by atoms with Crippen LogP contribution in [0.25, 0.3) is 0 Å². The molecule has 0 aliphatic carbocycles. The fourth-order valence-corrected chi connectivity index (χ4v) is 3.67. The van der Waals surface area contributed by atoms with Gasteiger partial charge in [-0.1, -0.05) is 76.9 Å². The first-order chi connectivity index (χ1) is 14.3. The number of esters is 1. The van der Waals surface area contributed by atoms with Gasteiger partial charge in [0.25, 0.3) is 10.1 Å². The number of rotatable bonds is 20. The average Bonchev–Trinajstić information content (AvgIpc) is 2.67. The maximum absolute atomic E-state index is 11.5. The van der Waals surface area contributed by atoms with Crippen molar-refractivity contribution in [2.45, 2.75) is 108 Å². The summed E-state index contributed by atoms with van der Waals surface area (Å²) in [6.07, 6.45) is 20.0. The Bertz CT molecular complexity index is 591. The molecule has 0 aromatic rings. The van der Waals surface area contributed by atoms with Crippen LogP contribution in [-0.4, -0.2) is 71.4 Å². The molecule has 0 saturated carbocycles. The molecule has 2 N–H and O–H groups in total. The van der Waals surface area contributed by atoms with E-state index >= 15 is 0 Å². The van der Waals surface area contributed by atoms with Gasteiger partial charge in [-0.15, -0.1) is 0 Å². The Morgan fingerprint density at radius 3 is 1.74 bits per heavy atom. The molecule has 0 amide bonds. The van der Waals surface area contributed by atoms with Crippen LogP contribution in [-0.2, 0) is 24.4 Å². The third-order valence-corrected chi connectivity index (χ3v) is 5.99. The zero-order valence-electron chi connectivity index (χ0n) is 18.4. The second-order valence-corrected chi connectivity index (χ2v) is 9.30. The summed E-state index contributed by atoms with van der Waals surface area (Å²) in [6, 6.07) is 0. The van der Waals surface area contributed by atoms with Crippen LogP contribution in [0, 0.1) is 0 Å². The number of carboxylic acids is 1. The van der Waals surface area contributed by atoms with E-state index in [4.69, 9.17) is 14.4 Å². The van der Waals surface area contributed by atoms with Crippen molar-refractivity contribution in [3.8, 4) is 0 Å². The van der Waals surface area contributed by atoms with Crippen molar-refractivity contribution in [1.29, 1.82) is 0 Å². The van der Waals surface area contributed by atoms with Crippen molar-refractivity contribution in [2.24, 2.45) is 0 Å². The molecule has 0 saturated heterocycles. The van der Waals surface area contributed by atoms with Gasteiger partial charge in [-0.25, -0.2) is 0 Å². The Labute approximate surface area is 210 Å². The standard InChI is InChI=1S/C22H40O7S.Na.H/c1-2-3-4-5-6-7-8-9-10-11-12-13-14-15-16-17-18-29-21(23)19-20(22(24)25)30(26,27)28;;/h9-10,20H,2-8,11-19H2,1H3,(H,24,25)(H,26,27,28);;/b10-9-;;. The first-order valence-electron chi connectivity index (χ1n) is 11.3. The topological polar surface area (TPSA) is 118 Å². The predicted molar refractivity (Wildman–Crippen MR) is 125 cm³/mol. The molecule has 0 aliphatic heterocycles. The molecule has 0 spiro atoms. The molecule has 31 heavy (non-hydrogen) atoms. The van der Waals surface area contributed by atoms with E-state index in [1.807, 2.05) is 0 Å². The average molecular weight is 473 g/mol. The molecule has 9 heteroatoms. The van der Waals surface area contributed by atoms with Gasteiger partial charge in [0.2, 0.25) is 0 Å². The van der Waals surface area contributed by atoms with Crippen LogP contribution in [0.3, 0.4) is 0 Å². The summed E-state index contributed by atoms with van der Waals surface area (Å²) in [5, 5.41) is 6.55. The van der Waals surface area contributed by atoms with Gasteiger partial charge in [0.05, 0.1) is 13.0 Å². The van der Waals surface area contributed by atoms with Gasteiger partial charge in [-0.05, 0) is 32.1 Å². The van der Waals surface area contributed by atoms with Crippen molar-refractivity contribution in [3.05, 3.63) is 12.2 Å². The molecule has 0 aromatic carbocycles. The second-order valence-electron chi connectivity index (χ2n) is 7.70. The first-order valence-corrected chi connectivity index (χ1v) is 12.8. The fraction of sp³-hybridized carbons (Fsp3) is 0.818. The Balaban J connectivity index is 0. The second kappa shape index (κ2) is 21.4. The van der Waals surface area contributed by atoms with Crippen LogP contribution in [0.2, 0.25) is 0 Å². The molecule has 0 bridgehead atoms. The number of hydrogen-bond donors (Lipinski definition) is 2. The maximum atomic E-state index is 11.5. The summed E-state index contributed by atoms with van der Waals surface area (Å²) in [6.45, 7) is 2.36. The summed E-state index contributed by atoms with van der Waals surface area (Å²) in [5.74, 6) is -2.71. The van der Waals surface area contributed by atoms with Crippen LogP contribution in [0.5, 0.6) is 0 Å². The Kier molecular flexibility index (Phi) is 22.7. The molecule has 178 valence electrons. The molecule has 0 radical (unpaired) electrons. The van der Waals surface area contributed by atoms with Crippen LogP contribution < -0.4 is 0 Å². The van der Waals surface area contributed by atoms with Crippen LogP contribution in [0.1, 0.15) is 103 Å². The molecule has 1 atom stereocenters. The minimum atomic E-state index is -4.83. The number of carboxylic acid groups (broad SMARTS) is 1. The molecular formula is C22H41NaO7S. The summed E-state index contributed by atoms with van der Waals surface area (Å²) in [5.41, 5.74) is 0. The van der Waals surface area contributed by atoms with Crippen molar-refractivity contribution >= 4 is 51.6 Å². The third-order valence-electron chi connectivity index (χ3n) is 4.91. The zero-order valence-corrected chi connectivity index (χ0v) is 19.2. The summed E-state index contributed by atoms with van der Waals surface area (Å²) >= 11 is 0. The molecule has 7 nitrogen and oxygen atoms in total.